The second-order valence-corrected chi connectivity index (χ2v) is 12.9. The first-order chi connectivity index (χ1) is 18.7. The van der Waals surface area contributed by atoms with Crippen LogP contribution in [0.2, 0.25) is 15.1 Å². The van der Waals surface area contributed by atoms with Gasteiger partial charge >= 0.3 is 0 Å². The molecule has 0 saturated carbocycles. The molecule has 1 atom stereocenters. The van der Waals surface area contributed by atoms with Gasteiger partial charge in [0.15, 0.2) is 0 Å². The van der Waals surface area contributed by atoms with Crippen molar-refractivity contribution >= 4 is 62.3 Å². The number of nitrogens with one attached hydrogen (secondary N) is 1. The summed E-state index contributed by atoms with van der Waals surface area (Å²) in [5.41, 5.74) is 2.57. The molecule has 0 radical (unpaired) electrons. The van der Waals surface area contributed by atoms with Gasteiger partial charge in [0.25, 0.3) is 10.0 Å². The van der Waals surface area contributed by atoms with Crippen molar-refractivity contribution < 1.29 is 18.0 Å². The molecule has 0 aliphatic carbocycles. The van der Waals surface area contributed by atoms with E-state index in [1.165, 1.54) is 29.2 Å². The summed E-state index contributed by atoms with van der Waals surface area (Å²) in [5.74, 6) is -1.01. The summed E-state index contributed by atoms with van der Waals surface area (Å²) in [4.78, 5) is 28.3. The molecule has 11 heteroatoms. The van der Waals surface area contributed by atoms with Gasteiger partial charge in [-0.3, -0.25) is 13.9 Å². The number of nitrogens with zero attached hydrogens (tertiary/aromatic N) is 2. The molecular weight excluding hydrogens is 593 g/mol. The molecule has 3 aromatic rings. The summed E-state index contributed by atoms with van der Waals surface area (Å²) < 4.78 is 28.9. The van der Waals surface area contributed by atoms with E-state index in [-0.39, 0.29) is 17.5 Å². The molecular formula is C29H32Cl3N3O4S. The number of carbonyl (C=O) groups excluding carboxylic acids is 2. The Morgan fingerprint density at radius 2 is 1.48 bits per heavy atom. The summed E-state index contributed by atoms with van der Waals surface area (Å²) in [6.45, 7) is 8.28. The first-order valence-corrected chi connectivity index (χ1v) is 15.2. The van der Waals surface area contributed by atoms with Gasteiger partial charge in [-0.05, 0) is 94.3 Å². The number of aryl methyl sites for hydroxylation is 2. The standard InChI is InChI=1S/C29H32Cl3N3O4S/c1-18(2)33-29(37)21(5)34(16-25-26(31)7-6-8-27(25)32)28(36)17-35(23-12-9-19(3)20(4)15-23)40(38,39)24-13-10-22(30)11-14-24/h6-15,18,21H,16-17H2,1-5H3,(H,33,37). The third-order valence-corrected chi connectivity index (χ3v) is 9.20. The first-order valence-electron chi connectivity index (χ1n) is 12.6. The molecule has 0 aliphatic heterocycles. The lowest BCUT2D eigenvalue weighted by molar-refractivity contribution is -0.139. The fourth-order valence-electron chi connectivity index (χ4n) is 3.98. The molecule has 0 aromatic heterocycles. The third-order valence-electron chi connectivity index (χ3n) is 6.45. The summed E-state index contributed by atoms with van der Waals surface area (Å²) >= 11 is 18.8. The highest BCUT2D eigenvalue weighted by Crippen LogP contribution is 2.29. The summed E-state index contributed by atoms with van der Waals surface area (Å²) in [7, 11) is -4.21. The van der Waals surface area contributed by atoms with Crippen molar-refractivity contribution in [3.8, 4) is 0 Å². The predicted molar refractivity (Wildman–Crippen MR) is 162 cm³/mol. The maximum Gasteiger partial charge on any atom is 0.264 e. The van der Waals surface area contributed by atoms with Crippen LogP contribution in [0.3, 0.4) is 0 Å². The van der Waals surface area contributed by atoms with Gasteiger partial charge in [0.1, 0.15) is 12.6 Å². The van der Waals surface area contributed by atoms with Crippen molar-refractivity contribution in [2.75, 3.05) is 10.8 Å². The Kier molecular flexibility index (Phi) is 10.5. The quantitative estimate of drug-likeness (QED) is 0.283. The Morgan fingerprint density at radius 3 is 2.02 bits per heavy atom. The summed E-state index contributed by atoms with van der Waals surface area (Å²) in [6, 6.07) is 14.7. The van der Waals surface area contributed by atoms with Crippen molar-refractivity contribution in [3.05, 3.63) is 92.4 Å². The Balaban J connectivity index is 2.10. The van der Waals surface area contributed by atoms with Gasteiger partial charge in [-0.15, -0.1) is 0 Å². The number of hydrogen-bond acceptors (Lipinski definition) is 4. The molecule has 0 saturated heterocycles. The van der Waals surface area contributed by atoms with Gasteiger partial charge in [-0.2, -0.15) is 0 Å². The van der Waals surface area contributed by atoms with Crippen LogP contribution in [-0.2, 0) is 26.2 Å². The third kappa shape index (κ3) is 7.49. The SMILES string of the molecule is Cc1ccc(N(CC(=O)N(Cc2c(Cl)cccc2Cl)C(C)C(=O)NC(C)C)S(=O)(=O)c2ccc(Cl)cc2)cc1C. The van der Waals surface area contributed by atoms with Gasteiger partial charge in [0.05, 0.1) is 10.6 Å². The van der Waals surface area contributed by atoms with E-state index >= 15 is 0 Å². The molecule has 1 unspecified atom stereocenters. The van der Waals surface area contributed by atoms with Gasteiger partial charge in [0, 0.05) is 33.2 Å². The number of halogens is 3. The van der Waals surface area contributed by atoms with Crippen LogP contribution < -0.4 is 9.62 Å². The van der Waals surface area contributed by atoms with E-state index in [4.69, 9.17) is 34.8 Å². The van der Waals surface area contributed by atoms with Crippen molar-refractivity contribution in [2.45, 2.75) is 58.1 Å². The van der Waals surface area contributed by atoms with E-state index in [1.54, 1.807) is 43.3 Å². The van der Waals surface area contributed by atoms with Crippen LogP contribution in [0, 0.1) is 13.8 Å². The fourth-order valence-corrected chi connectivity index (χ4v) is 6.03. The number of benzene rings is 3. The highest BCUT2D eigenvalue weighted by Gasteiger charge is 2.33. The second kappa shape index (κ2) is 13.3. The summed E-state index contributed by atoms with van der Waals surface area (Å²) in [6.07, 6.45) is 0. The Labute approximate surface area is 251 Å². The Morgan fingerprint density at radius 1 is 0.875 bits per heavy atom. The topological polar surface area (TPSA) is 86.8 Å². The van der Waals surface area contributed by atoms with Crippen molar-refractivity contribution in [2.24, 2.45) is 0 Å². The smallest absolute Gasteiger partial charge is 0.264 e. The molecule has 3 rings (SSSR count). The molecule has 0 aliphatic rings. The highest BCUT2D eigenvalue weighted by molar-refractivity contribution is 7.92. The lowest BCUT2D eigenvalue weighted by Gasteiger charge is -2.32. The lowest BCUT2D eigenvalue weighted by atomic mass is 10.1. The molecule has 0 spiro atoms. The molecule has 0 bridgehead atoms. The second-order valence-electron chi connectivity index (χ2n) is 9.80. The Bertz CT molecular complexity index is 1470. The Hall–Kier alpha value is -2.78. The van der Waals surface area contributed by atoms with Gasteiger partial charge in [0.2, 0.25) is 11.8 Å². The zero-order valence-corrected chi connectivity index (χ0v) is 26.0. The monoisotopic (exact) mass is 623 g/mol. The number of carbonyl (C=O) groups is 2. The summed E-state index contributed by atoms with van der Waals surface area (Å²) in [5, 5.41) is 3.83. The minimum atomic E-state index is -4.21. The van der Waals surface area contributed by atoms with E-state index in [2.05, 4.69) is 5.32 Å². The molecule has 214 valence electrons. The average Bonchev–Trinajstić information content (AvgIpc) is 2.88. The maximum absolute atomic E-state index is 14.0. The number of anilines is 1. The minimum absolute atomic E-state index is 0.0331. The zero-order valence-electron chi connectivity index (χ0n) is 22.9. The van der Waals surface area contributed by atoms with E-state index in [0.29, 0.717) is 26.3 Å². The van der Waals surface area contributed by atoms with Gasteiger partial charge in [-0.25, -0.2) is 8.42 Å². The predicted octanol–water partition coefficient (Wildman–Crippen LogP) is 6.40. The van der Waals surface area contributed by atoms with Crippen LogP contribution in [0.25, 0.3) is 0 Å². The number of sulfonamides is 1. The molecule has 0 heterocycles. The van der Waals surface area contributed by atoms with E-state index in [9.17, 15) is 18.0 Å². The molecule has 1 N–H and O–H groups in total. The molecule has 0 fully saturated rings. The van der Waals surface area contributed by atoms with Crippen molar-refractivity contribution in [1.82, 2.24) is 10.2 Å². The average molecular weight is 625 g/mol. The van der Waals surface area contributed by atoms with Crippen molar-refractivity contribution in [1.29, 1.82) is 0 Å². The van der Waals surface area contributed by atoms with Crippen LogP contribution in [0.15, 0.2) is 65.6 Å². The van der Waals surface area contributed by atoms with Crippen LogP contribution in [0.1, 0.15) is 37.5 Å². The van der Waals surface area contributed by atoms with Crippen molar-refractivity contribution in [3.63, 3.8) is 0 Å². The van der Waals surface area contributed by atoms with Gasteiger partial charge < -0.3 is 10.2 Å². The van der Waals surface area contributed by atoms with Crippen LogP contribution in [0.4, 0.5) is 5.69 Å². The van der Waals surface area contributed by atoms with Crippen LogP contribution in [-0.4, -0.2) is 43.8 Å². The number of amides is 2. The lowest BCUT2D eigenvalue weighted by Crippen LogP contribution is -2.52. The molecule has 40 heavy (non-hydrogen) atoms. The van der Waals surface area contributed by atoms with E-state index < -0.39 is 34.4 Å². The van der Waals surface area contributed by atoms with Gasteiger partial charge in [-0.1, -0.05) is 46.9 Å². The minimum Gasteiger partial charge on any atom is -0.352 e. The normalized spacial score (nSPS) is 12.2. The largest absolute Gasteiger partial charge is 0.352 e. The van der Waals surface area contributed by atoms with Crippen LogP contribution in [0.5, 0.6) is 0 Å². The van der Waals surface area contributed by atoms with Crippen LogP contribution >= 0.6 is 34.8 Å². The maximum atomic E-state index is 14.0. The van der Waals surface area contributed by atoms with E-state index in [0.717, 1.165) is 15.4 Å². The molecule has 2 amide bonds. The number of rotatable bonds is 10. The number of hydrogen-bond donors (Lipinski definition) is 1. The fraction of sp³-hybridized carbons (Fsp3) is 0.310. The first kappa shape index (κ1) is 31.7. The zero-order chi connectivity index (χ0) is 29.8. The highest BCUT2D eigenvalue weighted by atomic mass is 35.5. The molecule has 3 aromatic carbocycles. The molecule has 7 nitrogen and oxygen atoms in total. The van der Waals surface area contributed by atoms with E-state index in [1.807, 2.05) is 27.7 Å².